The Balaban J connectivity index is 2.11. The number of thiophene rings is 1. The van der Waals surface area contributed by atoms with Gasteiger partial charge in [-0.2, -0.15) is 0 Å². The second kappa shape index (κ2) is 6.14. The van der Waals surface area contributed by atoms with Crippen molar-refractivity contribution in [3.05, 3.63) is 69.8 Å². The Bertz CT molecular complexity index is 768. The predicted molar refractivity (Wildman–Crippen MR) is 88.8 cm³/mol. The molecule has 1 atom stereocenters. The van der Waals surface area contributed by atoms with Crippen LogP contribution in [-0.4, -0.2) is 6.54 Å². The van der Waals surface area contributed by atoms with Gasteiger partial charge in [0.1, 0.15) is 5.82 Å². The number of fused-ring (bicyclic) bond motifs is 1. The zero-order valence-corrected chi connectivity index (χ0v) is 13.1. The minimum atomic E-state index is -0.383. The van der Waals surface area contributed by atoms with Crippen LogP contribution in [-0.2, 0) is 0 Å². The van der Waals surface area contributed by atoms with Crippen LogP contribution in [0.15, 0.2) is 47.8 Å². The molecule has 1 heterocycles. The van der Waals surface area contributed by atoms with E-state index in [0.717, 1.165) is 12.1 Å². The lowest BCUT2D eigenvalue weighted by Gasteiger charge is -2.18. The summed E-state index contributed by atoms with van der Waals surface area (Å²) in [5.74, 6) is -0.383. The third kappa shape index (κ3) is 2.82. The average Bonchev–Trinajstić information content (AvgIpc) is 2.92. The van der Waals surface area contributed by atoms with E-state index in [4.69, 9.17) is 11.6 Å². The summed E-state index contributed by atoms with van der Waals surface area (Å²) >= 11 is 7.66. The van der Waals surface area contributed by atoms with Gasteiger partial charge in [-0.1, -0.05) is 42.8 Å². The molecule has 0 fully saturated rings. The standard InChI is InChI=1S/C17H15ClFNS/c1-2-20-17(11-7-8-15(19)14(18)9-11)13-10-21-16-6-4-3-5-12(13)16/h3-10,17,20H,2H2,1H3. The van der Waals surface area contributed by atoms with Gasteiger partial charge in [-0.15, -0.1) is 11.3 Å². The van der Waals surface area contributed by atoms with Crippen molar-refractivity contribution >= 4 is 33.0 Å². The minimum absolute atomic E-state index is 0.0178. The highest BCUT2D eigenvalue weighted by molar-refractivity contribution is 7.17. The van der Waals surface area contributed by atoms with Gasteiger partial charge in [0.2, 0.25) is 0 Å². The molecule has 0 spiro atoms. The molecule has 4 heteroatoms. The third-order valence-electron chi connectivity index (χ3n) is 3.51. The number of halogens is 2. The lowest BCUT2D eigenvalue weighted by Crippen LogP contribution is -2.21. The van der Waals surface area contributed by atoms with Gasteiger partial charge in [-0.05, 0) is 46.6 Å². The molecule has 0 aliphatic rings. The van der Waals surface area contributed by atoms with Gasteiger partial charge in [0.05, 0.1) is 11.1 Å². The van der Waals surface area contributed by atoms with E-state index in [1.54, 1.807) is 23.5 Å². The Morgan fingerprint density at radius 3 is 2.81 bits per heavy atom. The van der Waals surface area contributed by atoms with Crippen LogP contribution < -0.4 is 5.32 Å². The van der Waals surface area contributed by atoms with Crippen LogP contribution in [0.25, 0.3) is 10.1 Å². The fourth-order valence-corrected chi connectivity index (χ4v) is 3.70. The molecule has 0 aliphatic carbocycles. The molecule has 3 rings (SSSR count). The molecule has 1 unspecified atom stereocenters. The van der Waals surface area contributed by atoms with Gasteiger partial charge in [-0.25, -0.2) is 4.39 Å². The fraction of sp³-hybridized carbons (Fsp3) is 0.176. The zero-order valence-electron chi connectivity index (χ0n) is 11.6. The van der Waals surface area contributed by atoms with E-state index in [9.17, 15) is 4.39 Å². The molecule has 0 amide bonds. The number of hydrogen-bond acceptors (Lipinski definition) is 2. The first-order valence-corrected chi connectivity index (χ1v) is 8.11. The first-order chi connectivity index (χ1) is 10.2. The maximum absolute atomic E-state index is 13.4. The number of nitrogens with one attached hydrogen (secondary N) is 1. The maximum Gasteiger partial charge on any atom is 0.141 e. The zero-order chi connectivity index (χ0) is 14.8. The summed E-state index contributed by atoms with van der Waals surface area (Å²) in [5, 5.41) is 7.02. The highest BCUT2D eigenvalue weighted by Gasteiger charge is 2.18. The third-order valence-corrected chi connectivity index (χ3v) is 4.78. The summed E-state index contributed by atoms with van der Waals surface area (Å²) in [6.07, 6.45) is 0. The van der Waals surface area contributed by atoms with Gasteiger partial charge in [-0.3, -0.25) is 0 Å². The van der Waals surface area contributed by atoms with Crippen LogP contribution >= 0.6 is 22.9 Å². The normalized spacial score (nSPS) is 12.7. The first-order valence-electron chi connectivity index (χ1n) is 6.85. The van der Waals surface area contributed by atoms with Crippen molar-refractivity contribution in [3.63, 3.8) is 0 Å². The Kier molecular flexibility index (Phi) is 4.24. The van der Waals surface area contributed by atoms with Crippen LogP contribution in [0.5, 0.6) is 0 Å². The summed E-state index contributed by atoms with van der Waals surface area (Å²) in [6.45, 7) is 2.89. The van der Waals surface area contributed by atoms with Crippen molar-refractivity contribution in [1.82, 2.24) is 5.32 Å². The Morgan fingerprint density at radius 1 is 1.24 bits per heavy atom. The molecule has 0 saturated heterocycles. The molecule has 0 radical (unpaired) electrons. The summed E-state index contributed by atoms with van der Waals surface area (Å²) in [4.78, 5) is 0. The second-order valence-electron chi connectivity index (χ2n) is 4.85. The number of benzene rings is 2. The van der Waals surface area contributed by atoms with E-state index >= 15 is 0 Å². The van der Waals surface area contributed by atoms with Crippen LogP contribution in [0.4, 0.5) is 4.39 Å². The van der Waals surface area contributed by atoms with Gasteiger partial charge < -0.3 is 5.32 Å². The molecule has 3 aromatic rings. The quantitative estimate of drug-likeness (QED) is 0.679. The smallest absolute Gasteiger partial charge is 0.141 e. The largest absolute Gasteiger partial charge is 0.306 e. The lowest BCUT2D eigenvalue weighted by molar-refractivity contribution is 0.616. The first kappa shape index (κ1) is 14.5. The summed E-state index contributed by atoms with van der Waals surface area (Å²) in [5.41, 5.74) is 2.19. The molecule has 1 aromatic heterocycles. The van der Waals surface area contributed by atoms with E-state index < -0.39 is 0 Å². The number of hydrogen-bond donors (Lipinski definition) is 1. The van der Waals surface area contributed by atoms with Crippen LogP contribution in [0.2, 0.25) is 5.02 Å². The maximum atomic E-state index is 13.4. The Labute approximate surface area is 132 Å². The van der Waals surface area contributed by atoms with Gasteiger partial charge in [0.25, 0.3) is 0 Å². The molecule has 1 nitrogen and oxygen atoms in total. The molecular formula is C17H15ClFNS. The molecule has 21 heavy (non-hydrogen) atoms. The molecule has 2 aromatic carbocycles. The van der Waals surface area contributed by atoms with Crippen molar-refractivity contribution in [2.24, 2.45) is 0 Å². The van der Waals surface area contributed by atoms with Crippen LogP contribution in [0.1, 0.15) is 24.1 Å². The van der Waals surface area contributed by atoms with E-state index in [0.29, 0.717) is 0 Å². The number of rotatable bonds is 4. The average molecular weight is 320 g/mol. The highest BCUT2D eigenvalue weighted by Crippen LogP contribution is 2.34. The topological polar surface area (TPSA) is 12.0 Å². The summed E-state index contributed by atoms with van der Waals surface area (Å²) < 4.78 is 14.6. The molecule has 0 bridgehead atoms. The monoisotopic (exact) mass is 319 g/mol. The van der Waals surface area contributed by atoms with Gasteiger partial charge in [0.15, 0.2) is 0 Å². The molecule has 0 saturated carbocycles. The summed E-state index contributed by atoms with van der Waals surface area (Å²) in [7, 11) is 0. The SMILES string of the molecule is CCNC(c1ccc(F)c(Cl)c1)c1csc2ccccc12. The van der Waals surface area contributed by atoms with Crippen molar-refractivity contribution < 1.29 is 4.39 Å². The van der Waals surface area contributed by atoms with E-state index in [1.807, 2.05) is 12.1 Å². The van der Waals surface area contributed by atoms with E-state index in [1.165, 1.54) is 21.7 Å². The van der Waals surface area contributed by atoms with Crippen molar-refractivity contribution in [3.8, 4) is 0 Å². The minimum Gasteiger partial charge on any atom is -0.306 e. The predicted octanol–water partition coefficient (Wildman–Crippen LogP) is 5.39. The molecule has 1 N–H and O–H groups in total. The summed E-state index contributed by atoms with van der Waals surface area (Å²) in [6, 6.07) is 13.3. The van der Waals surface area contributed by atoms with Gasteiger partial charge in [0, 0.05) is 4.70 Å². The molecule has 0 aliphatic heterocycles. The van der Waals surface area contributed by atoms with Crippen molar-refractivity contribution in [2.75, 3.05) is 6.54 Å². The van der Waals surface area contributed by atoms with Crippen LogP contribution in [0.3, 0.4) is 0 Å². The van der Waals surface area contributed by atoms with E-state index in [2.05, 4.69) is 29.8 Å². The van der Waals surface area contributed by atoms with Crippen molar-refractivity contribution in [2.45, 2.75) is 13.0 Å². The highest BCUT2D eigenvalue weighted by atomic mass is 35.5. The van der Waals surface area contributed by atoms with Gasteiger partial charge >= 0.3 is 0 Å². The van der Waals surface area contributed by atoms with Crippen LogP contribution in [0, 0.1) is 5.82 Å². The van der Waals surface area contributed by atoms with Crippen molar-refractivity contribution in [1.29, 1.82) is 0 Å². The Morgan fingerprint density at radius 2 is 2.05 bits per heavy atom. The molecule has 108 valence electrons. The fourth-order valence-electron chi connectivity index (χ4n) is 2.53. The Hall–Kier alpha value is -1.42. The second-order valence-corrected chi connectivity index (χ2v) is 6.17. The van der Waals surface area contributed by atoms with E-state index in [-0.39, 0.29) is 16.9 Å². The lowest BCUT2D eigenvalue weighted by atomic mass is 9.98. The molecular weight excluding hydrogens is 305 g/mol.